The number of likely N-dealkylation sites (N-methyl/N-ethyl adjacent to an activating group) is 1. The molecule has 1 N–H and O–H groups in total. The number of imide groups is 1. The van der Waals surface area contributed by atoms with Crippen molar-refractivity contribution >= 4 is 33.8 Å². The van der Waals surface area contributed by atoms with Gasteiger partial charge in [-0.3, -0.25) is 14.5 Å². The molecule has 4 rings (SSSR count). The van der Waals surface area contributed by atoms with Gasteiger partial charge in [0, 0.05) is 17.1 Å². The Morgan fingerprint density at radius 3 is 2.67 bits per heavy atom. The average molecular weight is 470 g/mol. The van der Waals surface area contributed by atoms with Crippen LogP contribution < -0.4 is 5.32 Å². The van der Waals surface area contributed by atoms with E-state index in [1.54, 1.807) is 24.9 Å². The van der Waals surface area contributed by atoms with Crippen molar-refractivity contribution in [2.45, 2.75) is 37.8 Å². The minimum absolute atomic E-state index is 0.0436. The molecule has 2 aromatic rings. The number of hydrogen-bond donors (Lipinski definition) is 1. The zero-order valence-electron chi connectivity index (χ0n) is 17.0. The summed E-state index contributed by atoms with van der Waals surface area (Å²) < 4.78 is 0.727. The lowest BCUT2D eigenvalue weighted by Crippen LogP contribution is -2.44. The van der Waals surface area contributed by atoms with E-state index >= 15 is 0 Å². The van der Waals surface area contributed by atoms with Crippen molar-refractivity contribution in [1.29, 1.82) is 0 Å². The fourth-order valence-electron chi connectivity index (χ4n) is 4.44. The van der Waals surface area contributed by atoms with Crippen molar-refractivity contribution in [3.8, 4) is 0 Å². The Morgan fingerprint density at radius 2 is 1.90 bits per heavy atom. The van der Waals surface area contributed by atoms with Crippen LogP contribution in [0.4, 0.5) is 4.79 Å². The minimum Gasteiger partial charge on any atom is -0.337 e. The normalized spacial score (nSPS) is 23.2. The fraction of sp³-hybridized carbons (Fsp3) is 0.348. The van der Waals surface area contributed by atoms with Gasteiger partial charge in [-0.25, -0.2) is 4.79 Å². The highest BCUT2D eigenvalue weighted by molar-refractivity contribution is 9.10. The van der Waals surface area contributed by atoms with Gasteiger partial charge in [-0.1, -0.05) is 58.4 Å². The topological polar surface area (TPSA) is 69.7 Å². The number of urea groups is 1. The molecule has 0 bridgehead atoms. The van der Waals surface area contributed by atoms with Crippen molar-refractivity contribution in [2.75, 3.05) is 13.6 Å². The summed E-state index contributed by atoms with van der Waals surface area (Å²) in [5.74, 6) is -0.679. The molecule has 1 saturated heterocycles. The van der Waals surface area contributed by atoms with Crippen LogP contribution in [-0.2, 0) is 21.5 Å². The van der Waals surface area contributed by atoms with Crippen LogP contribution in [0.3, 0.4) is 0 Å². The van der Waals surface area contributed by atoms with E-state index in [9.17, 15) is 14.4 Å². The lowest BCUT2D eigenvalue weighted by atomic mass is 9.87. The molecule has 156 valence electrons. The summed E-state index contributed by atoms with van der Waals surface area (Å²) in [7, 11) is 1.75. The van der Waals surface area contributed by atoms with E-state index in [2.05, 4.69) is 33.4 Å². The zero-order valence-corrected chi connectivity index (χ0v) is 18.6. The Kier molecular flexibility index (Phi) is 5.40. The lowest BCUT2D eigenvalue weighted by Gasteiger charge is -2.34. The van der Waals surface area contributed by atoms with E-state index < -0.39 is 17.5 Å². The first kappa shape index (κ1) is 20.6. The van der Waals surface area contributed by atoms with Crippen molar-refractivity contribution in [1.82, 2.24) is 15.1 Å². The van der Waals surface area contributed by atoms with Gasteiger partial charge in [-0.05, 0) is 43.4 Å². The predicted molar refractivity (Wildman–Crippen MR) is 117 cm³/mol. The predicted octanol–water partition coefficient (Wildman–Crippen LogP) is 3.75. The molecule has 1 aliphatic carbocycles. The van der Waals surface area contributed by atoms with Gasteiger partial charge in [0.2, 0.25) is 5.91 Å². The number of aryl methyl sites for hydroxylation is 1. The van der Waals surface area contributed by atoms with Crippen molar-refractivity contribution in [2.24, 2.45) is 0 Å². The van der Waals surface area contributed by atoms with Crippen LogP contribution >= 0.6 is 15.9 Å². The van der Waals surface area contributed by atoms with Gasteiger partial charge in [0.25, 0.3) is 5.91 Å². The second-order valence-electron chi connectivity index (χ2n) is 8.04. The molecule has 2 aromatic carbocycles. The van der Waals surface area contributed by atoms with Crippen molar-refractivity contribution < 1.29 is 14.4 Å². The van der Waals surface area contributed by atoms with Crippen molar-refractivity contribution in [3.63, 3.8) is 0 Å². The van der Waals surface area contributed by atoms with Crippen LogP contribution in [-0.4, -0.2) is 41.2 Å². The van der Waals surface area contributed by atoms with Gasteiger partial charge in [0.15, 0.2) is 0 Å². The van der Waals surface area contributed by atoms with E-state index in [0.717, 1.165) is 34.2 Å². The molecule has 7 heteroatoms. The maximum absolute atomic E-state index is 13.2. The van der Waals surface area contributed by atoms with E-state index in [4.69, 9.17) is 0 Å². The molecule has 0 unspecified atom stereocenters. The molecular formula is C23H24BrN3O3. The number of amides is 4. The highest BCUT2D eigenvalue weighted by Crippen LogP contribution is 2.35. The summed E-state index contributed by atoms with van der Waals surface area (Å²) in [6.07, 6.45) is 2.88. The van der Waals surface area contributed by atoms with E-state index in [1.165, 1.54) is 5.56 Å². The second kappa shape index (κ2) is 7.87. The number of hydrogen-bond acceptors (Lipinski definition) is 3. The Morgan fingerprint density at radius 1 is 1.20 bits per heavy atom. The van der Waals surface area contributed by atoms with Crippen LogP contribution in [0, 0.1) is 0 Å². The van der Waals surface area contributed by atoms with Gasteiger partial charge in [-0.15, -0.1) is 0 Å². The van der Waals surface area contributed by atoms with Crippen LogP contribution in [0.1, 0.15) is 42.5 Å². The Balaban J connectivity index is 1.53. The summed E-state index contributed by atoms with van der Waals surface area (Å²) in [5.41, 5.74) is 1.85. The monoisotopic (exact) mass is 469 g/mol. The highest BCUT2D eigenvalue weighted by atomic mass is 79.9. The minimum atomic E-state index is -1.21. The number of nitrogens with zero attached hydrogens (tertiary/aromatic N) is 2. The van der Waals surface area contributed by atoms with Gasteiger partial charge in [0.05, 0.1) is 6.04 Å². The Bertz CT molecular complexity index is 1020. The standard InChI is InChI=1S/C23H24BrN3O3/c1-23(17-11-5-6-12-18(17)24)21(29)27(22(30)25-23)14-20(28)26(2)19-13-7-9-15-8-3-4-10-16(15)19/h3-6,8,10-12,19H,7,9,13-14H2,1-2H3,(H,25,30)/t19-,23-/m1/s1. The molecular weight excluding hydrogens is 446 g/mol. The van der Waals surface area contributed by atoms with Crippen LogP contribution in [0.5, 0.6) is 0 Å². The number of carbonyl (C=O) groups excluding carboxylic acids is 3. The molecule has 2 atom stereocenters. The molecule has 0 radical (unpaired) electrons. The quantitative estimate of drug-likeness (QED) is 0.693. The SMILES string of the molecule is CN(C(=O)CN1C(=O)N[C@](C)(c2ccccc2Br)C1=O)[C@@H]1CCCc2ccccc21. The van der Waals surface area contributed by atoms with Crippen LogP contribution in [0.25, 0.3) is 0 Å². The van der Waals surface area contributed by atoms with Gasteiger partial charge < -0.3 is 10.2 Å². The van der Waals surface area contributed by atoms with Crippen LogP contribution in [0.2, 0.25) is 0 Å². The molecule has 2 aliphatic rings. The zero-order chi connectivity index (χ0) is 21.5. The molecule has 1 aliphatic heterocycles. The molecule has 0 saturated carbocycles. The van der Waals surface area contributed by atoms with Gasteiger partial charge >= 0.3 is 6.03 Å². The van der Waals surface area contributed by atoms with Crippen molar-refractivity contribution in [3.05, 3.63) is 69.7 Å². The summed E-state index contributed by atoms with van der Waals surface area (Å²) in [6, 6.07) is 14.8. The van der Waals surface area contributed by atoms with Gasteiger partial charge in [-0.2, -0.15) is 0 Å². The van der Waals surface area contributed by atoms with E-state index in [0.29, 0.717) is 5.56 Å². The third kappa shape index (κ3) is 3.41. The molecule has 30 heavy (non-hydrogen) atoms. The smallest absolute Gasteiger partial charge is 0.325 e. The number of rotatable bonds is 4. The number of fused-ring (bicyclic) bond motifs is 1. The first-order valence-electron chi connectivity index (χ1n) is 10.1. The highest BCUT2D eigenvalue weighted by Gasteiger charge is 2.50. The largest absolute Gasteiger partial charge is 0.337 e. The Labute approximate surface area is 184 Å². The first-order valence-corrected chi connectivity index (χ1v) is 10.8. The maximum atomic E-state index is 13.2. The third-order valence-corrected chi connectivity index (χ3v) is 6.87. The molecule has 6 nitrogen and oxygen atoms in total. The number of benzene rings is 2. The number of halogens is 1. The second-order valence-corrected chi connectivity index (χ2v) is 8.89. The first-order chi connectivity index (χ1) is 14.3. The number of carbonyl (C=O) groups is 3. The van der Waals surface area contributed by atoms with E-state index in [-0.39, 0.29) is 18.5 Å². The maximum Gasteiger partial charge on any atom is 0.325 e. The summed E-state index contributed by atoms with van der Waals surface area (Å²) in [5, 5.41) is 2.76. The van der Waals surface area contributed by atoms with E-state index in [1.807, 2.05) is 30.3 Å². The molecule has 4 amide bonds. The third-order valence-electron chi connectivity index (χ3n) is 6.18. The number of nitrogens with one attached hydrogen (secondary N) is 1. The fourth-order valence-corrected chi connectivity index (χ4v) is 5.12. The summed E-state index contributed by atoms with van der Waals surface area (Å²) >= 11 is 3.45. The molecule has 1 heterocycles. The molecule has 1 fully saturated rings. The molecule has 0 aromatic heterocycles. The lowest BCUT2D eigenvalue weighted by molar-refractivity contribution is -0.139. The Hall–Kier alpha value is -2.67. The average Bonchev–Trinajstić information content (AvgIpc) is 2.96. The van der Waals surface area contributed by atoms with Gasteiger partial charge in [0.1, 0.15) is 12.1 Å². The summed E-state index contributed by atoms with van der Waals surface area (Å²) in [4.78, 5) is 41.6. The molecule has 0 spiro atoms. The summed E-state index contributed by atoms with van der Waals surface area (Å²) in [6.45, 7) is 1.39. The van der Waals surface area contributed by atoms with Crippen LogP contribution in [0.15, 0.2) is 53.0 Å².